The van der Waals surface area contributed by atoms with E-state index in [1.54, 1.807) is 30.3 Å². The highest BCUT2D eigenvalue weighted by atomic mass is 35.5. The summed E-state index contributed by atoms with van der Waals surface area (Å²) in [6, 6.07) is 10.6. The largest absolute Gasteiger partial charge is 0.480 e. The number of thiophene rings is 1. The maximum atomic E-state index is 11.5. The number of anilines is 1. The summed E-state index contributed by atoms with van der Waals surface area (Å²) in [4.78, 5) is 12.4. The monoisotopic (exact) mass is 297 g/mol. The van der Waals surface area contributed by atoms with Crippen LogP contribution >= 0.6 is 22.9 Å². The molecular weight excluding hydrogens is 286 g/mol. The molecule has 0 aliphatic carbocycles. The Hall–Kier alpha value is -1.72. The van der Waals surface area contributed by atoms with Gasteiger partial charge in [0.2, 0.25) is 0 Å². The second-order valence-electron chi connectivity index (χ2n) is 3.69. The van der Waals surface area contributed by atoms with Gasteiger partial charge in [0, 0.05) is 4.88 Å². The molecular formula is C13H12ClNO3S. The zero-order valence-corrected chi connectivity index (χ0v) is 11.5. The van der Waals surface area contributed by atoms with Crippen molar-refractivity contribution in [1.82, 2.24) is 0 Å². The van der Waals surface area contributed by atoms with Gasteiger partial charge in [-0.3, -0.25) is 0 Å². The molecule has 1 aromatic heterocycles. The van der Waals surface area contributed by atoms with E-state index in [9.17, 15) is 4.79 Å². The molecule has 0 saturated heterocycles. The Morgan fingerprint density at radius 2 is 2.05 bits per heavy atom. The average molecular weight is 298 g/mol. The van der Waals surface area contributed by atoms with Crippen molar-refractivity contribution in [3.05, 3.63) is 45.6 Å². The van der Waals surface area contributed by atoms with E-state index in [1.807, 2.05) is 6.07 Å². The number of carbonyl (C=O) groups is 1. The minimum atomic E-state index is -0.451. The first-order valence-electron chi connectivity index (χ1n) is 5.52. The number of nitrogens with two attached hydrogens (primary N) is 1. The van der Waals surface area contributed by atoms with Crippen molar-refractivity contribution < 1.29 is 14.3 Å². The Labute approximate surface area is 119 Å². The van der Waals surface area contributed by atoms with Crippen molar-refractivity contribution in [3.63, 3.8) is 0 Å². The van der Waals surface area contributed by atoms with Crippen molar-refractivity contribution in [2.24, 2.45) is 0 Å². The first kappa shape index (κ1) is 13.7. The molecule has 4 nitrogen and oxygen atoms in total. The highest BCUT2D eigenvalue weighted by Crippen LogP contribution is 2.22. The molecule has 2 N–H and O–H groups in total. The number of rotatable bonds is 5. The van der Waals surface area contributed by atoms with Crippen LogP contribution in [0, 0.1) is 0 Å². The minimum absolute atomic E-state index is 0.173. The summed E-state index contributed by atoms with van der Waals surface area (Å²) >= 11 is 7.15. The van der Waals surface area contributed by atoms with Gasteiger partial charge in [0.15, 0.2) is 6.61 Å². The lowest BCUT2D eigenvalue weighted by Gasteiger charge is -2.08. The van der Waals surface area contributed by atoms with E-state index in [1.165, 1.54) is 11.3 Å². The maximum Gasteiger partial charge on any atom is 0.344 e. The van der Waals surface area contributed by atoms with E-state index in [4.69, 9.17) is 26.8 Å². The molecule has 6 heteroatoms. The van der Waals surface area contributed by atoms with Crippen molar-refractivity contribution in [2.75, 3.05) is 12.3 Å². The van der Waals surface area contributed by atoms with Gasteiger partial charge in [-0.05, 0) is 24.3 Å². The fourth-order valence-electron chi connectivity index (χ4n) is 1.37. The molecule has 0 radical (unpaired) electrons. The number of esters is 1. The zero-order chi connectivity index (χ0) is 13.7. The van der Waals surface area contributed by atoms with Crippen LogP contribution < -0.4 is 10.5 Å². The topological polar surface area (TPSA) is 61.5 Å². The number of hydrogen-bond acceptors (Lipinski definition) is 5. The third-order valence-corrected chi connectivity index (χ3v) is 3.47. The van der Waals surface area contributed by atoms with Crippen molar-refractivity contribution >= 4 is 34.6 Å². The molecule has 2 aromatic rings. The van der Waals surface area contributed by atoms with E-state index in [-0.39, 0.29) is 13.2 Å². The lowest BCUT2D eigenvalue weighted by molar-refractivity contribution is -0.147. The molecule has 0 aliphatic heterocycles. The van der Waals surface area contributed by atoms with Gasteiger partial charge in [-0.1, -0.05) is 23.7 Å². The second-order valence-corrected chi connectivity index (χ2v) is 5.49. The lowest BCUT2D eigenvalue weighted by Crippen LogP contribution is -2.15. The Morgan fingerprint density at radius 1 is 1.26 bits per heavy atom. The van der Waals surface area contributed by atoms with Gasteiger partial charge < -0.3 is 15.2 Å². The lowest BCUT2D eigenvalue weighted by atomic mass is 10.3. The summed E-state index contributed by atoms with van der Waals surface area (Å²) in [5, 5.41) is 0. The van der Waals surface area contributed by atoms with Crippen LogP contribution in [-0.2, 0) is 16.1 Å². The molecule has 0 unspecified atom stereocenters. The summed E-state index contributed by atoms with van der Waals surface area (Å²) in [6.07, 6.45) is 0. The van der Waals surface area contributed by atoms with Crippen molar-refractivity contribution in [2.45, 2.75) is 6.61 Å². The van der Waals surface area contributed by atoms with Gasteiger partial charge in [-0.25, -0.2) is 4.79 Å². The highest BCUT2D eigenvalue weighted by molar-refractivity contribution is 7.16. The Balaban J connectivity index is 1.77. The van der Waals surface area contributed by atoms with Gasteiger partial charge in [0.1, 0.15) is 12.4 Å². The fraction of sp³-hybridized carbons (Fsp3) is 0.154. The molecule has 0 atom stereocenters. The van der Waals surface area contributed by atoms with Crippen LogP contribution in [0.5, 0.6) is 5.75 Å². The van der Waals surface area contributed by atoms with E-state index in [0.29, 0.717) is 15.8 Å². The smallest absolute Gasteiger partial charge is 0.344 e. The second kappa shape index (κ2) is 6.45. The van der Waals surface area contributed by atoms with Crippen molar-refractivity contribution in [1.29, 1.82) is 0 Å². The number of hydrogen-bond donors (Lipinski definition) is 1. The van der Waals surface area contributed by atoms with Crippen LogP contribution in [-0.4, -0.2) is 12.6 Å². The molecule has 19 heavy (non-hydrogen) atoms. The van der Waals surface area contributed by atoms with E-state index >= 15 is 0 Å². The summed E-state index contributed by atoms with van der Waals surface area (Å²) in [6.45, 7) is 0.0250. The highest BCUT2D eigenvalue weighted by Gasteiger charge is 2.07. The number of para-hydroxylation sites is 2. The summed E-state index contributed by atoms with van der Waals surface area (Å²) < 4.78 is 11.0. The molecule has 0 saturated carbocycles. The molecule has 1 aromatic carbocycles. The first-order chi connectivity index (χ1) is 9.15. The predicted molar refractivity (Wildman–Crippen MR) is 75.5 cm³/mol. The van der Waals surface area contributed by atoms with Crippen LogP contribution in [0.1, 0.15) is 4.88 Å². The Morgan fingerprint density at radius 3 is 2.74 bits per heavy atom. The SMILES string of the molecule is Nc1ccccc1OCC(=O)OCc1ccc(Cl)s1. The van der Waals surface area contributed by atoms with Crippen LogP contribution in [0.2, 0.25) is 4.34 Å². The molecule has 0 fully saturated rings. The maximum absolute atomic E-state index is 11.5. The number of benzene rings is 1. The Kier molecular flexibility index (Phi) is 4.65. The number of halogens is 1. The zero-order valence-electron chi connectivity index (χ0n) is 9.97. The van der Waals surface area contributed by atoms with Crippen LogP contribution in [0.25, 0.3) is 0 Å². The van der Waals surface area contributed by atoms with Gasteiger partial charge in [-0.15, -0.1) is 11.3 Å². The Bertz CT molecular complexity index is 571. The normalized spacial score (nSPS) is 10.2. The molecule has 0 amide bonds. The molecule has 0 bridgehead atoms. The van der Waals surface area contributed by atoms with E-state index in [2.05, 4.69) is 0 Å². The molecule has 0 spiro atoms. The fourth-order valence-corrected chi connectivity index (χ4v) is 2.37. The summed E-state index contributed by atoms with van der Waals surface area (Å²) in [5.74, 6) is 0.0198. The van der Waals surface area contributed by atoms with E-state index < -0.39 is 5.97 Å². The molecule has 1 heterocycles. The van der Waals surface area contributed by atoms with Gasteiger partial charge >= 0.3 is 5.97 Å². The van der Waals surface area contributed by atoms with Gasteiger partial charge in [0.25, 0.3) is 0 Å². The number of carbonyl (C=O) groups excluding carboxylic acids is 1. The van der Waals surface area contributed by atoms with Crippen molar-refractivity contribution in [3.8, 4) is 5.75 Å². The average Bonchev–Trinajstić information content (AvgIpc) is 2.81. The van der Waals surface area contributed by atoms with E-state index in [0.717, 1.165) is 4.88 Å². The van der Waals surface area contributed by atoms with Gasteiger partial charge in [0.05, 0.1) is 10.0 Å². The van der Waals surface area contributed by atoms with Crippen LogP contribution in [0.3, 0.4) is 0 Å². The molecule has 0 aliphatic rings. The number of nitrogen functional groups attached to an aromatic ring is 1. The standard InChI is InChI=1S/C13H12ClNO3S/c14-12-6-5-9(19-12)7-18-13(16)8-17-11-4-2-1-3-10(11)15/h1-6H,7-8,15H2. The molecule has 100 valence electrons. The first-order valence-corrected chi connectivity index (χ1v) is 6.72. The van der Waals surface area contributed by atoms with Crippen LogP contribution in [0.15, 0.2) is 36.4 Å². The molecule has 2 rings (SSSR count). The van der Waals surface area contributed by atoms with Crippen LogP contribution in [0.4, 0.5) is 5.69 Å². The minimum Gasteiger partial charge on any atom is -0.480 e. The predicted octanol–water partition coefficient (Wildman–Crippen LogP) is 3.11. The third kappa shape index (κ3) is 4.15. The van der Waals surface area contributed by atoms with Gasteiger partial charge in [-0.2, -0.15) is 0 Å². The summed E-state index contributed by atoms with van der Waals surface area (Å²) in [5.41, 5.74) is 6.17. The summed E-state index contributed by atoms with van der Waals surface area (Å²) in [7, 11) is 0. The third-order valence-electron chi connectivity index (χ3n) is 2.27. The quantitative estimate of drug-likeness (QED) is 0.680. The number of ether oxygens (including phenoxy) is 2.